The van der Waals surface area contributed by atoms with E-state index in [1.54, 1.807) is 5.51 Å². The van der Waals surface area contributed by atoms with E-state index in [2.05, 4.69) is 41.3 Å². The van der Waals surface area contributed by atoms with Crippen molar-refractivity contribution in [3.63, 3.8) is 0 Å². The van der Waals surface area contributed by atoms with Crippen molar-refractivity contribution in [2.45, 2.75) is 26.2 Å². The van der Waals surface area contributed by atoms with Gasteiger partial charge in [-0.05, 0) is 17.6 Å². The van der Waals surface area contributed by atoms with Crippen LogP contribution in [0.2, 0.25) is 0 Å². The standard InChI is InChI=1S/C10H14N4S/c1-10(2,3)8-5-7(12-14(8)4)9-11-6-15-13-9/h5-6H,1-4H3. The molecule has 2 aromatic heterocycles. The van der Waals surface area contributed by atoms with Crippen LogP contribution in [0.5, 0.6) is 0 Å². The summed E-state index contributed by atoms with van der Waals surface area (Å²) < 4.78 is 6.08. The number of nitrogens with zero attached hydrogens (tertiary/aromatic N) is 4. The van der Waals surface area contributed by atoms with Gasteiger partial charge < -0.3 is 0 Å². The number of rotatable bonds is 1. The highest BCUT2D eigenvalue weighted by atomic mass is 32.1. The average molecular weight is 222 g/mol. The lowest BCUT2D eigenvalue weighted by Gasteiger charge is -2.17. The molecule has 0 radical (unpaired) electrons. The van der Waals surface area contributed by atoms with Gasteiger partial charge in [-0.1, -0.05) is 20.8 Å². The molecular weight excluding hydrogens is 208 g/mol. The molecule has 0 N–H and O–H groups in total. The van der Waals surface area contributed by atoms with E-state index >= 15 is 0 Å². The molecule has 0 aliphatic rings. The molecule has 15 heavy (non-hydrogen) atoms. The fourth-order valence-electron chi connectivity index (χ4n) is 1.56. The monoisotopic (exact) mass is 222 g/mol. The molecule has 5 heteroatoms. The first-order valence-electron chi connectivity index (χ1n) is 4.80. The molecule has 4 nitrogen and oxygen atoms in total. The first-order chi connectivity index (χ1) is 6.98. The van der Waals surface area contributed by atoms with E-state index in [9.17, 15) is 0 Å². The predicted octanol–water partition coefficient (Wildman–Crippen LogP) is 2.24. The summed E-state index contributed by atoms with van der Waals surface area (Å²) in [6.07, 6.45) is 0. The van der Waals surface area contributed by atoms with Gasteiger partial charge in [0.05, 0.1) is 0 Å². The molecule has 80 valence electrons. The Balaban J connectivity index is 2.47. The Kier molecular flexibility index (Phi) is 2.34. The second kappa shape index (κ2) is 3.41. The lowest BCUT2D eigenvalue weighted by atomic mass is 9.92. The molecular formula is C10H14N4S. The predicted molar refractivity (Wildman–Crippen MR) is 60.8 cm³/mol. The molecule has 0 aliphatic carbocycles. The van der Waals surface area contributed by atoms with E-state index in [0.717, 1.165) is 5.69 Å². The Bertz CT molecular complexity index is 450. The Hall–Kier alpha value is -1.23. The fourth-order valence-corrected chi connectivity index (χ4v) is 2.00. The Morgan fingerprint density at radius 3 is 2.53 bits per heavy atom. The molecule has 0 unspecified atom stereocenters. The number of aryl methyl sites for hydroxylation is 1. The summed E-state index contributed by atoms with van der Waals surface area (Å²) in [7, 11) is 1.95. The third kappa shape index (κ3) is 1.92. The zero-order chi connectivity index (χ0) is 11.1. The summed E-state index contributed by atoms with van der Waals surface area (Å²) in [5.74, 6) is 0.714. The summed E-state index contributed by atoms with van der Waals surface area (Å²) in [5, 5.41) is 4.42. The molecule has 2 aromatic rings. The van der Waals surface area contributed by atoms with Gasteiger partial charge in [0.1, 0.15) is 11.2 Å². The number of hydrogen-bond donors (Lipinski definition) is 0. The number of hydrogen-bond acceptors (Lipinski definition) is 4. The Labute approximate surface area is 93.1 Å². The van der Waals surface area contributed by atoms with Gasteiger partial charge in [-0.25, -0.2) is 4.98 Å². The molecule has 2 rings (SSSR count). The lowest BCUT2D eigenvalue weighted by molar-refractivity contribution is 0.523. The van der Waals surface area contributed by atoms with Gasteiger partial charge in [0.2, 0.25) is 0 Å². The van der Waals surface area contributed by atoms with E-state index in [1.165, 1.54) is 17.2 Å². The maximum Gasteiger partial charge on any atom is 0.193 e. The third-order valence-corrected chi connectivity index (χ3v) is 2.72. The minimum Gasteiger partial charge on any atom is -0.271 e. The van der Waals surface area contributed by atoms with E-state index in [1.807, 2.05) is 11.7 Å². The molecule has 0 aromatic carbocycles. The van der Waals surface area contributed by atoms with Crippen LogP contribution >= 0.6 is 11.5 Å². The van der Waals surface area contributed by atoms with Crippen LogP contribution in [-0.2, 0) is 12.5 Å². The van der Waals surface area contributed by atoms with Gasteiger partial charge in [0.25, 0.3) is 0 Å². The molecule has 0 saturated heterocycles. The van der Waals surface area contributed by atoms with Crippen LogP contribution in [0.3, 0.4) is 0 Å². The van der Waals surface area contributed by atoms with Crippen molar-refractivity contribution in [2.75, 3.05) is 0 Å². The highest BCUT2D eigenvalue weighted by Gasteiger charge is 2.20. The molecule has 0 amide bonds. The van der Waals surface area contributed by atoms with Crippen molar-refractivity contribution in [3.05, 3.63) is 17.3 Å². The molecule has 0 atom stereocenters. The second-order valence-corrected chi connectivity index (χ2v) is 5.15. The molecule has 0 aliphatic heterocycles. The van der Waals surface area contributed by atoms with Crippen LogP contribution in [0.15, 0.2) is 11.6 Å². The van der Waals surface area contributed by atoms with Crippen molar-refractivity contribution >= 4 is 11.5 Å². The molecule has 0 fully saturated rings. The third-order valence-electron chi connectivity index (χ3n) is 2.24. The van der Waals surface area contributed by atoms with Crippen molar-refractivity contribution < 1.29 is 0 Å². The van der Waals surface area contributed by atoms with Gasteiger partial charge in [0, 0.05) is 18.2 Å². The minimum atomic E-state index is 0.0933. The highest BCUT2D eigenvalue weighted by molar-refractivity contribution is 7.03. The largest absolute Gasteiger partial charge is 0.271 e. The van der Waals surface area contributed by atoms with Crippen LogP contribution in [0.25, 0.3) is 11.5 Å². The molecule has 0 bridgehead atoms. The SMILES string of the molecule is Cn1nc(-c2ncsn2)cc1C(C)(C)C. The average Bonchev–Trinajstić information content (AvgIpc) is 2.68. The van der Waals surface area contributed by atoms with Crippen molar-refractivity contribution in [2.24, 2.45) is 7.05 Å². The van der Waals surface area contributed by atoms with E-state index < -0.39 is 0 Å². The minimum absolute atomic E-state index is 0.0933. The zero-order valence-electron chi connectivity index (χ0n) is 9.35. The van der Waals surface area contributed by atoms with E-state index in [4.69, 9.17) is 0 Å². The summed E-state index contributed by atoms with van der Waals surface area (Å²) >= 11 is 1.35. The Morgan fingerprint density at radius 2 is 2.07 bits per heavy atom. The highest BCUT2D eigenvalue weighted by Crippen LogP contribution is 2.25. The lowest BCUT2D eigenvalue weighted by Crippen LogP contribution is -2.16. The van der Waals surface area contributed by atoms with Gasteiger partial charge in [0.15, 0.2) is 5.82 Å². The molecule has 0 spiro atoms. The number of aromatic nitrogens is 4. The fraction of sp³-hybridized carbons (Fsp3) is 0.500. The van der Waals surface area contributed by atoms with Gasteiger partial charge >= 0.3 is 0 Å². The quantitative estimate of drug-likeness (QED) is 0.743. The molecule has 0 saturated carbocycles. The first-order valence-corrected chi connectivity index (χ1v) is 5.63. The first kappa shape index (κ1) is 10.3. The molecule has 2 heterocycles. The van der Waals surface area contributed by atoms with Crippen LogP contribution in [0.1, 0.15) is 26.5 Å². The van der Waals surface area contributed by atoms with Gasteiger partial charge in [-0.2, -0.15) is 9.47 Å². The topological polar surface area (TPSA) is 43.6 Å². The van der Waals surface area contributed by atoms with Gasteiger partial charge in [-0.3, -0.25) is 4.68 Å². The maximum absolute atomic E-state index is 4.42. The van der Waals surface area contributed by atoms with Gasteiger partial charge in [-0.15, -0.1) is 0 Å². The van der Waals surface area contributed by atoms with Crippen molar-refractivity contribution in [3.8, 4) is 11.5 Å². The smallest absolute Gasteiger partial charge is 0.193 e. The van der Waals surface area contributed by atoms with Crippen LogP contribution in [0.4, 0.5) is 0 Å². The zero-order valence-corrected chi connectivity index (χ0v) is 10.2. The normalized spacial score (nSPS) is 12.0. The van der Waals surface area contributed by atoms with Crippen molar-refractivity contribution in [1.29, 1.82) is 0 Å². The van der Waals surface area contributed by atoms with Crippen LogP contribution < -0.4 is 0 Å². The summed E-state index contributed by atoms with van der Waals surface area (Å²) in [4.78, 5) is 4.15. The maximum atomic E-state index is 4.42. The second-order valence-electron chi connectivity index (χ2n) is 4.54. The summed E-state index contributed by atoms with van der Waals surface area (Å²) in [5.41, 5.74) is 3.85. The van der Waals surface area contributed by atoms with Crippen LogP contribution in [-0.4, -0.2) is 19.1 Å². The Morgan fingerprint density at radius 1 is 1.33 bits per heavy atom. The van der Waals surface area contributed by atoms with E-state index in [-0.39, 0.29) is 5.41 Å². The van der Waals surface area contributed by atoms with Crippen LogP contribution in [0, 0.1) is 0 Å². The summed E-state index contributed by atoms with van der Waals surface area (Å²) in [6, 6.07) is 2.06. The van der Waals surface area contributed by atoms with Crippen molar-refractivity contribution in [1.82, 2.24) is 19.1 Å². The summed E-state index contributed by atoms with van der Waals surface area (Å²) in [6.45, 7) is 6.51. The van der Waals surface area contributed by atoms with E-state index in [0.29, 0.717) is 5.82 Å².